The van der Waals surface area contributed by atoms with E-state index in [9.17, 15) is 18.0 Å². The largest absolute Gasteiger partial charge is 0.480 e. The number of carbonyl (C=O) groups excluding carboxylic acids is 1. The van der Waals surface area contributed by atoms with Crippen LogP contribution < -0.4 is 4.72 Å². The Labute approximate surface area is 110 Å². The minimum atomic E-state index is -3.77. The van der Waals surface area contributed by atoms with Gasteiger partial charge in [-0.3, -0.25) is 9.59 Å². The molecule has 0 spiro atoms. The monoisotopic (exact) mass is 290 g/mol. The molecule has 1 aromatic heterocycles. The molecule has 0 aliphatic rings. The average Bonchev–Trinajstić information content (AvgIpc) is 2.85. The van der Waals surface area contributed by atoms with Gasteiger partial charge in [-0.15, -0.1) is 0 Å². The zero-order chi connectivity index (χ0) is 14.6. The highest BCUT2D eigenvalue weighted by molar-refractivity contribution is 7.89. The summed E-state index contributed by atoms with van der Waals surface area (Å²) >= 11 is 0. The van der Waals surface area contributed by atoms with Crippen molar-refractivity contribution in [1.82, 2.24) is 9.62 Å². The number of aliphatic carboxylic acids is 1. The van der Waals surface area contributed by atoms with E-state index in [1.807, 2.05) is 4.72 Å². The number of hydrogen-bond acceptors (Lipinski definition) is 5. The molecule has 2 N–H and O–H groups in total. The average molecular weight is 290 g/mol. The van der Waals surface area contributed by atoms with Crippen LogP contribution in [0.2, 0.25) is 0 Å². The lowest BCUT2D eigenvalue weighted by Crippen LogP contribution is -2.35. The number of carbonyl (C=O) groups is 2. The normalized spacial score (nSPS) is 11.3. The lowest BCUT2D eigenvalue weighted by atomic mass is 10.3. The first kappa shape index (κ1) is 15.2. The molecule has 1 rings (SSSR count). The number of amides is 1. The van der Waals surface area contributed by atoms with E-state index in [0.717, 1.165) is 11.0 Å². The Morgan fingerprint density at radius 3 is 2.53 bits per heavy atom. The van der Waals surface area contributed by atoms with Crippen molar-refractivity contribution in [3.63, 3.8) is 0 Å². The molecule has 0 aromatic carbocycles. The van der Waals surface area contributed by atoms with Gasteiger partial charge in [0.15, 0.2) is 5.76 Å². The van der Waals surface area contributed by atoms with Crippen LogP contribution in [0.25, 0.3) is 0 Å². The highest BCUT2D eigenvalue weighted by Crippen LogP contribution is 2.15. The number of carboxylic acids is 1. The molecule has 1 aromatic rings. The van der Waals surface area contributed by atoms with E-state index in [0.29, 0.717) is 0 Å². The third-order valence-electron chi connectivity index (χ3n) is 2.32. The van der Waals surface area contributed by atoms with Crippen LogP contribution in [0.15, 0.2) is 21.6 Å². The molecule has 0 atom stereocenters. The van der Waals surface area contributed by atoms with Gasteiger partial charge in [0.25, 0.3) is 15.9 Å². The first-order chi connectivity index (χ1) is 8.81. The van der Waals surface area contributed by atoms with Crippen molar-refractivity contribution in [1.29, 1.82) is 0 Å². The third-order valence-corrected chi connectivity index (χ3v) is 3.61. The van der Waals surface area contributed by atoms with Crippen LogP contribution in [-0.4, -0.2) is 50.4 Å². The molecule has 1 amide bonds. The van der Waals surface area contributed by atoms with Crippen LogP contribution in [0, 0.1) is 0 Å². The summed E-state index contributed by atoms with van der Waals surface area (Å²) in [5.74, 6) is -2.07. The summed E-state index contributed by atoms with van der Waals surface area (Å²) < 4.78 is 29.8. The number of carboxylic acid groups (broad SMARTS) is 1. The van der Waals surface area contributed by atoms with Gasteiger partial charge in [0, 0.05) is 6.54 Å². The molecule has 0 unspecified atom stereocenters. The van der Waals surface area contributed by atoms with Gasteiger partial charge in [0.05, 0.1) is 0 Å². The second-order valence-corrected chi connectivity index (χ2v) is 5.36. The van der Waals surface area contributed by atoms with Crippen molar-refractivity contribution in [3.05, 3.63) is 17.9 Å². The van der Waals surface area contributed by atoms with Gasteiger partial charge >= 0.3 is 5.97 Å². The summed E-state index contributed by atoms with van der Waals surface area (Å²) in [6.45, 7) is 1.29. The number of nitrogens with one attached hydrogen (secondary N) is 1. The van der Waals surface area contributed by atoms with E-state index in [1.54, 1.807) is 6.92 Å². The van der Waals surface area contributed by atoms with Crippen molar-refractivity contribution in [2.75, 3.05) is 20.1 Å². The molecule has 0 aliphatic heterocycles. The van der Waals surface area contributed by atoms with Gasteiger partial charge < -0.3 is 14.4 Å². The van der Waals surface area contributed by atoms with Crippen molar-refractivity contribution in [2.45, 2.75) is 12.0 Å². The Morgan fingerprint density at radius 2 is 2.05 bits per heavy atom. The maximum absolute atomic E-state index is 11.9. The molecule has 0 saturated carbocycles. The second-order valence-electron chi connectivity index (χ2n) is 3.54. The van der Waals surface area contributed by atoms with Gasteiger partial charge in [-0.25, -0.2) is 13.1 Å². The quantitative estimate of drug-likeness (QED) is 0.745. The summed E-state index contributed by atoms with van der Waals surface area (Å²) in [6.07, 6.45) is 0. The highest BCUT2D eigenvalue weighted by Gasteiger charge is 2.23. The number of furan rings is 1. The molecule has 0 radical (unpaired) electrons. The second kappa shape index (κ2) is 5.85. The third kappa shape index (κ3) is 3.55. The summed E-state index contributed by atoms with van der Waals surface area (Å²) in [4.78, 5) is 23.5. The van der Waals surface area contributed by atoms with Crippen molar-refractivity contribution >= 4 is 21.9 Å². The molecule has 0 aliphatic carbocycles. The van der Waals surface area contributed by atoms with Crippen LogP contribution in [-0.2, 0) is 14.8 Å². The van der Waals surface area contributed by atoms with E-state index < -0.39 is 33.5 Å². The summed E-state index contributed by atoms with van der Waals surface area (Å²) in [6, 6.07) is 2.32. The van der Waals surface area contributed by atoms with E-state index in [2.05, 4.69) is 0 Å². The minimum Gasteiger partial charge on any atom is -0.480 e. The van der Waals surface area contributed by atoms with Crippen LogP contribution >= 0.6 is 0 Å². The maximum atomic E-state index is 11.9. The lowest BCUT2D eigenvalue weighted by molar-refractivity contribution is -0.137. The van der Waals surface area contributed by atoms with E-state index in [-0.39, 0.29) is 12.3 Å². The number of likely N-dealkylation sites (N-methyl/N-ethyl adjacent to an activating group) is 1. The molecule has 0 fully saturated rings. The minimum absolute atomic E-state index is 0.167. The fraction of sp³-hybridized carbons (Fsp3) is 0.400. The highest BCUT2D eigenvalue weighted by atomic mass is 32.2. The predicted molar refractivity (Wildman–Crippen MR) is 64.2 cm³/mol. The van der Waals surface area contributed by atoms with Crippen LogP contribution in [0.5, 0.6) is 0 Å². The Kier molecular flexibility index (Phi) is 4.67. The molecule has 106 valence electrons. The standard InChI is InChI=1S/C10H14N2O6S/c1-3-12(6-8(13)14)10(15)7-4-5-9(18-7)19(16,17)11-2/h4-5,11H,3,6H2,1-2H3,(H,13,14). The summed E-state index contributed by atoms with van der Waals surface area (Å²) in [7, 11) is -2.56. The molecule has 0 bridgehead atoms. The number of sulfonamides is 1. The van der Waals surface area contributed by atoms with Crippen LogP contribution in [0.3, 0.4) is 0 Å². The van der Waals surface area contributed by atoms with Crippen LogP contribution in [0.4, 0.5) is 0 Å². The fourth-order valence-electron chi connectivity index (χ4n) is 1.33. The van der Waals surface area contributed by atoms with Gasteiger partial charge in [0.1, 0.15) is 6.54 Å². The number of rotatable bonds is 6. The number of hydrogen-bond donors (Lipinski definition) is 2. The van der Waals surface area contributed by atoms with Crippen molar-refractivity contribution in [2.24, 2.45) is 0 Å². The Morgan fingerprint density at radius 1 is 1.42 bits per heavy atom. The van der Waals surface area contributed by atoms with Gasteiger partial charge in [0.2, 0.25) is 5.09 Å². The zero-order valence-corrected chi connectivity index (χ0v) is 11.2. The Balaban J connectivity index is 2.98. The molecule has 9 heteroatoms. The molecule has 0 saturated heterocycles. The molecular weight excluding hydrogens is 276 g/mol. The maximum Gasteiger partial charge on any atom is 0.323 e. The topological polar surface area (TPSA) is 117 Å². The molecule has 8 nitrogen and oxygen atoms in total. The molecule has 1 heterocycles. The number of nitrogens with zero attached hydrogens (tertiary/aromatic N) is 1. The van der Waals surface area contributed by atoms with Gasteiger partial charge in [-0.2, -0.15) is 0 Å². The molecule has 19 heavy (non-hydrogen) atoms. The van der Waals surface area contributed by atoms with E-state index >= 15 is 0 Å². The Hall–Kier alpha value is -1.87. The van der Waals surface area contributed by atoms with Crippen LogP contribution in [0.1, 0.15) is 17.5 Å². The van der Waals surface area contributed by atoms with Gasteiger partial charge in [-0.05, 0) is 26.1 Å². The van der Waals surface area contributed by atoms with E-state index in [1.165, 1.54) is 13.1 Å². The fourth-order valence-corrected chi connectivity index (χ4v) is 1.97. The van der Waals surface area contributed by atoms with Gasteiger partial charge in [-0.1, -0.05) is 0 Å². The van der Waals surface area contributed by atoms with Crippen molar-refractivity contribution < 1.29 is 27.5 Å². The lowest BCUT2D eigenvalue weighted by Gasteiger charge is -2.16. The first-order valence-electron chi connectivity index (χ1n) is 5.36. The van der Waals surface area contributed by atoms with Crippen molar-refractivity contribution in [3.8, 4) is 0 Å². The smallest absolute Gasteiger partial charge is 0.323 e. The zero-order valence-electron chi connectivity index (χ0n) is 10.4. The molecular formula is C10H14N2O6S. The summed E-state index contributed by atoms with van der Waals surface area (Å²) in [5.41, 5.74) is 0. The Bertz CT molecular complexity index is 577. The first-order valence-corrected chi connectivity index (χ1v) is 6.84. The predicted octanol–water partition coefficient (Wildman–Crippen LogP) is -0.266. The summed E-state index contributed by atoms with van der Waals surface area (Å²) in [5, 5.41) is 8.25. The van der Waals surface area contributed by atoms with E-state index in [4.69, 9.17) is 9.52 Å². The SMILES string of the molecule is CCN(CC(=O)O)C(=O)c1ccc(S(=O)(=O)NC)o1.